The highest BCUT2D eigenvalue weighted by Crippen LogP contribution is 2.57. The average molecular weight is 1160 g/mol. The van der Waals surface area contributed by atoms with Gasteiger partial charge in [-0.15, -0.1) is 0 Å². The van der Waals surface area contributed by atoms with E-state index in [0.717, 1.165) is 12.1 Å². The summed E-state index contributed by atoms with van der Waals surface area (Å²) in [7, 11) is 5.67. The highest BCUT2D eigenvalue weighted by Gasteiger charge is 2.39. The van der Waals surface area contributed by atoms with Crippen LogP contribution < -0.4 is 39.3 Å². The Labute approximate surface area is 486 Å². The van der Waals surface area contributed by atoms with Crippen molar-refractivity contribution >= 4 is 33.5 Å². The molecule has 2 aliphatic heterocycles. The molecule has 434 valence electrons. The third-order valence-corrected chi connectivity index (χ3v) is 15.7. The fourth-order valence-corrected chi connectivity index (χ4v) is 11.3. The molecule has 12 rings (SSSR count). The molecule has 0 saturated heterocycles. The maximum atomic E-state index is 14.2. The second-order valence-corrected chi connectivity index (χ2v) is 20.6. The maximum Gasteiger partial charge on any atom is 0.197 e. The molecule has 0 bridgehead atoms. The first-order valence-corrected chi connectivity index (χ1v) is 26.5. The number of phenols is 8. The molecule has 8 aromatic carbocycles. The minimum absolute atomic E-state index is 0.0357. The van der Waals surface area contributed by atoms with E-state index in [2.05, 4.69) is 0 Å². The lowest BCUT2D eigenvalue weighted by Gasteiger charge is -2.29. The third kappa shape index (κ3) is 8.93. The second-order valence-electron chi connectivity index (χ2n) is 20.6. The summed E-state index contributed by atoms with van der Waals surface area (Å²) in [4.78, 5) is 55.1. The first-order chi connectivity index (χ1) is 41.2. The molecule has 0 unspecified atom stereocenters. The van der Waals surface area contributed by atoms with Crippen LogP contribution in [0.4, 0.5) is 0 Å². The van der Waals surface area contributed by atoms with Gasteiger partial charge >= 0.3 is 0 Å². The number of aromatic hydroxyl groups is 8. The Bertz CT molecular complexity index is 4410. The van der Waals surface area contributed by atoms with Crippen LogP contribution in [0.2, 0.25) is 0 Å². The van der Waals surface area contributed by atoms with Crippen molar-refractivity contribution in [2.45, 2.75) is 38.9 Å². The summed E-state index contributed by atoms with van der Waals surface area (Å²) < 4.78 is 46.9. The Morgan fingerprint density at radius 3 is 1.15 bits per heavy atom. The lowest BCUT2D eigenvalue weighted by molar-refractivity contribution is 0.0834. The van der Waals surface area contributed by atoms with E-state index in [1.165, 1.54) is 77.0 Å². The van der Waals surface area contributed by atoms with Crippen LogP contribution in [0.15, 0.2) is 128 Å². The fraction of sp³-hybridized carbons (Fsp3) is 0.152. The SMILES string of the molecule is COc1ccc([C@@H]2CC(=O)c3c(cc(O)c(-c4c(O)cc5c(c4O)C(=O)C[C@@H](c4ccc(OC)c(-c6cc(-c7cc(=O)c8c(O)c(C)c(OC)cc8o7)ccc6O)c4)O5)c3O)O2)cc1-c1cc(-c2cc(=O)c3c(O)c(C)c(OC)cc3o2)ccc1O. The number of carbonyl (C=O) groups is 2. The molecule has 20 nitrogen and oxygen atoms in total. The van der Waals surface area contributed by atoms with Gasteiger partial charge in [0.1, 0.15) is 137 Å². The molecule has 10 aromatic rings. The number of hydrogen-bond donors (Lipinski definition) is 8. The zero-order valence-corrected chi connectivity index (χ0v) is 46.4. The van der Waals surface area contributed by atoms with Crippen LogP contribution in [0.25, 0.3) is 78.0 Å². The third-order valence-electron chi connectivity index (χ3n) is 15.7. The molecule has 2 atom stereocenters. The number of ketones is 2. The molecule has 0 amide bonds. The number of Topliss-reactive ketones (excluding diaryl/α,β-unsaturated/α-hetero) is 2. The van der Waals surface area contributed by atoms with E-state index >= 15 is 0 Å². The van der Waals surface area contributed by atoms with Gasteiger partial charge in [0.05, 0.1) is 52.4 Å². The van der Waals surface area contributed by atoms with Crippen LogP contribution in [0, 0.1) is 13.8 Å². The quantitative estimate of drug-likeness (QED) is 0.0596. The number of hydrogen-bond acceptors (Lipinski definition) is 20. The summed E-state index contributed by atoms with van der Waals surface area (Å²) in [5.41, 5.74) is 0.496. The van der Waals surface area contributed by atoms with E-state index in [0.29, 0.717) is 67.5 Å². The van der Waals surface area contributed by atoms with Crippen molar-refractivity contribution in [2.75, 3.05) is 28.4 Å². The van der Waals surface area contributed by atoms with Gasteiger partial charge in [0.25, 0.3) is 0 Å². The Morgan fingerprint density at radius 2 is 0.779 bits per heavy atom. The van der Waals surface area contributed by atoms with Gasteiger partial charge in [-0.3, -0.25) is 19.2 Å². The molecule has 86 heavy (non-hydrogen) atoms. The lowest BCUT2D eigenvalue weighted by atomic mass is 9.88. The smallest absolute Gasteiger partial charge is 0.197 e. The first-order valence-electron chi connectivity index (χ1n) is 26.5. The molecule has 0 aliphatic carbocycles. The van der Waals surface area contributed by atoms with Gasteiger partial charge in [0, 0.05) is 80.9 Å². The molecule has 0 fully saturated rings. The van der Waals surface area contributed by atoms with Crippen LogP contribution in [0.1, 0.15) is 68.0 Å². The van der Waals surface area contributed by atoms with Crippen molar-refractivity contribution in [3.05, 3.63) is 163 Å². The monoisotopic (exact) mass is 1160 g/mol. The van der Waals surface area contributed by atoms with E-state index in [1.807, 2.05) is 0 Å². The number of rotatable bonds is 11. The van der Waals surface area contributed by atoms with Crippen molar-refractivity contribution in [3.63, 3.8) is 0 Å². The molecule has 0 radical (unpaired) electrons. The number of benzene rings is 8. The van der Waals surface area contributed by atoms with Crippen LogP contribution >= 0.6 is 0 Å². The lowest BCUT2D eigenvalue weighted by Crippen LogP contribution is -2.21. The Balaban J connectivity index is 0.833. The molecule has 0 saturated carbocycles. The van der Waals surface area contributed by atoms with E-state index < -0.39 is 79.9 Å². The highest BCUT2D eigenvalue weighted by atomic mass is 16.5. The van der Waals surface area contributed by atoms with E-state index in [1.54, 1.807) is 62.4 Å². The molecular weight excluding hydrogens is 1110 g/mol. The minimum Gasteiger partial charge on any atom is -0.507 e. The van der Waals surface area contributed by atoms with Crippen LogP contribution in [-0.2, 0) is 0 Å². The molecule has 2 aromatic heterocycles. The highest BCUT2D eigenvalue weighted by molar-refractivity contribution is 6.09. The summed E-state index contributed by atoms with van der Waals surface area (Å²) in [6.07, 6.45) is -2.84. The maximum absolute atomic E-state index is 14.2. The van der Waals surface area contributed by atoms with Crippen LogP contribution in [0.5, 0.6) is 80.5 Å². The summed E-state index contributed by atoms with van der Waals surface area (Å²) >= 11 is 0. The van der Waals surface area contributed by atoms with Crippen molar-refractivity contribution in [2.24, 2.45) is 0 Å². The summed E-state index contributed by atoms with van der Waals surface area (Å²) in [5, 5.41) is 91.0. The number of phenolic OH excluding ortho intramolecular Hbond substituents is 8. The topological polar surface area (TPSA) is 312 Å². The largest absolute Gasteiger partial charge is 0.507 e. The van der Waals surface area contributed by atoms with Gasteiger partial charge in [0.2, 0.25) is 0 Å². The van der Waals surface area contributed by atoms with Gasteiger partial charge in [0.15, 0.2) is 22.4 Å². The molecule has 2 aliphatic rings. The second kappa shape index (κ2) is 20.9. The molecule has 20 heteroatoms. The molecule has 8 N–H and O–H groups in total. The van der Waals surface area contributed by atoms with Gasteiger partial charge in [-0.1, -0.05) is 12.1 Å². The molecule has 0 spiro atoms. The minimum atomic E-state index is -1.04. The Morgan fingerprint density at radius 1 is 0.395 bits per heavy atom. The van der Waals surface area contributed by atoms with Crippen molar-refractivity contribution in [1.82, 2.24) is 0 Å². The molecule has 4 heterocycles. The van der Waals surface area contributed by atoms with E-state index in [4.69, 9.17) is 37.3 Å². The average Bonchev–Trinajstić information content (AvgIpc) is 0.911. The van der Waals surface area contributed by atoms with Crippen LogP contribution in [0.3, 0.4) is 0 Å². The van der Waals surface area contributed by atoms with Crippen molar-refractivity contribution < 1.29 is 87.7 Å². The van der Waals surface area contributed by atoms with Gasteiger partial charge < -0.3 is 78.1 Å². The van der Waals surface area contributed by atoms with Gasteiger partial charge in [-0.25, -0.2) is 0 Å². The first kappa shape index (κ1) is 55.3. The summed E-state index contributed by atoms with van der Waals surface area (Å²) in [6.45, 7) is 3.21. The van der Waals surface area contributed by atoms with E-state index in [-0.39, 0.29) is 91.9 Å². The van der Waals surface area contributed by atoms with Crippen molar-refractivity contribution in [3.8, 4) is 137 Å². The number of methoxy groups -OCH3 is 4. The Kier molecular flexibility index (Phi) is 13.4. The van der Waals surface area contributed by atoms with Gasteiger partial charge in [-0.2, -0.15) is 0 Å². The van der Waals surface area contributed by atoms with E-state index in [9.17, 15) is 60.0 Å². The number of fused-ring (bicyclic) bond motifs is 4. The zero-order chi connectivity index (χ0) is 60.9. The Hall–Kier alpha value is -11.3. The standard InChI is InChI=1S/C66H50O20/c1-27-47(81-5)25-55-57(63(27)75)39(69)19-49(85-55)29-7-11-37(67)33(15-29)35-17-31(9-13-45(35)79-3)51-21-41(71)59-53(83-51)23-43(73)61(65(59)77)62-44(74)24-54-60(66(62)78)42(72)22-52(84-54)32-10-14-46(80-4)36(18-32)34-16-30(8-12-38(34)68)50-20-40(70)58-56(86-50)26-48(82-6)28(2)64(58)76/h7-20,23-26,51-52,67-68,73-78H,21-22H2,1-6H3/t51-,52-/m0/s1. The summed E-state index contributed by atoms with van der Waals surface area (Å²) in [5.74, 6) is -4.64. The molecular formula is C66H50O20. The summed E-state index contributed by atoms with van der Waals surface area (Å²) in [6, 6.07) is 26.1. The number of ether oxygens (including phenoxy) is 6. The van der Waals surface area contributed by atoms with Gasteiger partial charge in [-0.05, 0) is 85.6 Å². The zero-order valence-electron chi connectivity index (χ0n) is 46.4. The predicted octanol–water partition coefficient (Wildman–Crippen LogP) is 11.9. The van der Waals surface area contributed by atoms with Crippen molar-refractivity contribution in [1.29, 1.82) is 0 Å². The normalized spacial score (nSPS) is 14.5. The van der Waals surface area contributed by atoms with Crippen LogP contribution in [-0.4, -0.2) is 80.9 Å². The fourth-order valence-electron chi connectivity index (χ4n) is 11.3. The number of carbonyl (C=O) groups excluding carboxylic acids is 2. The predicted molar refractivity (Wildman–Crippen MR) is 312 cm³/mol.